The minimum atomic E-state index is -0.554. The Morgan fingerprint density at radius 2 is 2.06 bits per heavy atom. The van der Waals surface area contributed by atoms with Crippen molar-refractivity contribution in [2.45, 2.75) is 12.0 Å². The molecule has 2 unspecified atom stereocenters. The number of thiophene rings is 1. The van der Waals surface area contributed by atoms with Gasteiger partial charge in [-0.2, -0.15) is 0 Å². The Bertz CT molecular complexity index is 474. The van der Waals surface area contributed by atoms with Crippen LogP contribution in [0.4, 0.5) is 0 Å². The van der Waals surface area contributed by atoms with Gasteiger partial charge < -0.3 is 10.8 Å². The number of pyridine rings is 1. The lowest BCUT2D eigenvalue weighted by Gasteiger charge is -2.21. The largest absolute Gasteiger partial charge is 0.388 e. The standard InChI is InChI=1S/C12H13IN2OS/c13-11-5-9(7-17-11)12(16)10(6-14)8-1-3-15-4-2-8/h1-5,7,10,12,16H,6,14H2. The van der Waals surface area contributed by atoms with Gasteiger partial charge in [0.05, 0.1) is 8.99 Å². The topological polar surface area (TPSA) is 59.1 Å². The molecule has 0 radical (unpaired) electrons. The summed E-state index contributed by atoms with van der Waals surface area (Å²) in [5.41, 5.74) is 7.73. The molecule has 2 atom stereocenters. The molecule has 5 heteroatoms. The Labute approximate surface area is 118 Å². The van der Waals surface area contributed by atoms with Crippen LogP contribution in [0.1, 0.15) is 23.1 Å². The van der Waals surface area contributed by atoms with Crippen molar-refractivity contribution >= 4 is 33.9 Å². The lowest BCUT2D eigenvalue weighted by molar-refractivity contribution is 0.148. The zero-order valence-corrected chi connectivity index (χ0v) is 12.1. The predicted molar refractivity (Wildman–Crippen MR) is 78.0 cm³/mol. The molecule has 0 aromatic carbocycles. The first-order chi connectivity index (χ1) is 8.22. The summed E-state index contributed by atoms with van der Waals surface area (Å²) in [5, 5.41) is 12.3. The molecule has 2 rings (SSSR count). The average molecular weight is 360 g/mol. The number of rotatable bonds is 4. The van der Waals surface area contributed by atoms with E-state index in [4.69, 9.17) is 5.73 Å². The average Bonchev–Trinajstić information content (AvgIpc) is 2.78. The van der Waals surface area contributed by atoms with E-state index in [9.17, 15) is 5.11 Å². The second-order valence-corrected chi connectivity index (χ2v) is 6.56. The molecular weight excluding hydrogens is 347 g/mol. The van der Waals surface area contributed by atoms with Crippen LogP contribution in [-0.4, -0.2) is 16.6 Å². The van der Waals surface area contributed by atoms with Crippen LogP contribution in [0, 0.1) is 2.88 Å². The summed E-state index contributed by atoms with van der Waals surface area (Å²) < 4.78 is 1.17. The maximum atomic E-state index is 10.3. The van der Waals surface area contributed by atoms with Crippen molar-refractivity contribution in [3.8, 4) is 0 Å². The normalized spacial score (nSPS) is 14.5. The molecule has 0 saturated heterocycles. The Hall–Kier alpha value is -0.500. The van der Waals surface area contributed by atoms with Crippen molar-refractivity contribution in [1.29, 1.82) is 0 Å². The first-order valence-electron chi connectivity index (χ1n) is 5.24. The zero-order valence-electron chi connectivity index (χ0n) is 9.08. The van der Waals surface area contributed by atoms with Crippen molar-refractivity contribution in [2.75, 3.05) is 6.54 Å². The van der Waals surface area contributed by atoms with E-state index in [1.165, 1.54) is 2.88 Å². The van der Waals surface area contributed by atoms with Gasteiger partial charge in [0.1, 0.15) is 0 Å². The quantitative estimate of drug-likeness (QED) is 0.824. The van der Waals surface area contributed by atoms with Crippen LogP contribution in [0.3, 0.4) is 0 Å². The van der Waals surface area contributed by atoms with E-state index in [1.807, 2.05) is 23.6 Å². The molecule has 2 aromatic rings. The van der Waals surface area contributed by atoms with E-state index in [-0.39, 0.29) is 5.92 Å². The molecule has 0 aliphatic heterocycles. The minimum Gasteiger partial charge on any atom is -0.388 e. The summed E-state index contributed by atoms with van der Waals surface area (Å²) in [4.78, 5) is 3.98. The summed E-state index contributed by atoms with van der Waals surface area (Å²) in [6.45, 7) is 0.414. The fraction of sp³-hybridized carbons (Fsp3) is 0.250. The highest BCUT2D eigenvalue weighted by molar-refractivity contribution is 14.1. The summed E-state index contributed by atoms with van der Waals surface area (Å²) in [6, 6.07) is 5.80. The van der Waals surface area contributed by atoms with Gasteiger partial charge in [-0.05, 0) is 57.3 Å². The molecule has 90 valence electrons. The summed E-state index contributed by atoms with van der Waals surface area (Å²) in [7, 11) is 0. The Balaban J connectivity index is 2.25. The van der Waals surface area contributed by atoms with E-state index in [1.54, 1.807) is 23.7 Å². The number of nitrogens with zero attached hydrogens (tertiary/aromatic N) is 1. The molecule has 0 bridgehead atoms. The fourth-order valence-corrected chi connectivity index (χ4v) is 3.17. The van der Waals surface area contributed by atoms with E-state index < -0.39 is 6.10 Å². The van der Waals surface area contributed by atoms with Gasteiger partial charge in [-0.1, -0.05) is 0 Å². The summed E-state index contributed by atoms with van der Waals surface area (Å²) >= 11 is 3.88. The fourth-order valence-electron chi connectivity index (χ4n) is 1.77. The number of hydrogen-bond donors (Lipinski definition) is 2. The van der Waals surface area contributed by atoms with Gasteiger partial charge in [-0.15, -0.1) is 11.3 Å². The van der Waals surface area contributed by atoms with Crippen LogP contribution in [0.5, 0.6) is 0 Å². The molecule has 0 spiro atoms. The number of nitrogens with two attached hydrogens (primary N) is 1. The van der Waals surface area contributed by atoms with E-state index >= 15 is 0 Å². The van der Waals surface area contributed by atoms with Crippen molar-refractivity contribution in [3.63, 3.8) is 0 Å². The predicted octanol–water partition coefficient (Wildman–Crippen LogP) is 2.52. The van der Waals surface area contributed by atoms with Crippen molar-refractivity contribution in [1.82, 2.24) is 4.98 Å². The molecular formula is C12H13IN2OS. The molecule has 3 nitrogen and oxygen atoms in total. The van der Waals surface area contributed by atoms with E-state index in [0.717, 1.165) is 11.1 Å². The lowest BCUT2D eigenvalue weighted by atomic mass is 9.91. The molecule has 0 fully saturated rings. The van der Waals surface area contributed by atoms with Gasteiger partial charge in [0.25, 0.3) is 0 Å². The number of aromatic nitrogens is 1. The minimum absolute atomic E-state index is 0.0802. The van der Waals surface area contributed by atoms with Crippen molar-refractivity contribution in [3.05, 3.63) is 50.0 Å². The lowest BCUT2D eigenvalue weighted by Crippen LogP contribution is -2.19. The molecule has 2 heterocycles. The Morgan fingerprint density at radius 3 is 2.59 bits per heavy atom. The SMILES string of the molecule is NCC(c1ccncc1)C(O)c1csc(I)c1. The second kappa shape index (κ2) is 5.90. The Morgan fingerprint density at radius 1 is 1.35 bits per heavy atom. The van der Waals surface area contributed by atoms with Gasteiger partial charge in [-0.3, -0.25) is 4.98 Å². The number of hydrogen-bond acceptors (Lipinski definition) is 4. The molecule has 0 aliphatic carbocycles. The Kier molecular flexibility index (Phi) is 4.49. The zero-order chi connectivity index (χ0) is 12.3. The first kappa shape index (κ1) is 12.9. The van der Waals surface area contributed by atoms with Crippen LogP contribution in [-0.2, 0) is 0 Å². The van der Waals surface area contributed by atoms with Crippen LogP contribution < -0.4 is 5.73 Å². The van der Waals surface area contributed by atoms with E-state index in [0.29, 0.717) is 6.54 Å². The highest BCUT2D eigenvalue weighted by Crippen LogP contribution is 2.32. The van der Waals surface area contributed by atoms with Crippen LogP contribution >= 0.6 is 33.9 Å². The van der Waals surface area contributed by atoms with Crippen molar-refractivity contribution in [2.24, 2.45) is 5.73 Å². The molecule has 17 heavy (non-hydrogen) atoms. The second-order valence-electron chi connectivity index (χ2n) is 3.75. The van der Waals surface area contributed by atoms with Crippen LogP contribution in [0.15, 0.2) is 36.0 Å². The molecule has 0 amide bonds. The third-order valence-electron chi connectivity index (χ3n) is 2.70. The highest BCUT2D eigenvalue weighted by atomic mass is 127. The van der Waals surface area contributed by atoms with Crippen LogP contribution in [0.2, 0.25) is 0 Å². The summed E-state index contributed by atoms with van der Waals surface area (Å²) in [6.07, 6.45) is 2.90. The summed E-state index contributed by atoms with van der Waals surface area (Å²) in [5.74, 6) is -0.0802. The monoisotopic (exact) mass is 360 g/mol. The van der Waals surface area contributed by atoms with Gasteiger partial charge in [0.2, 0.25) is 0 Å². The highest BCUT2D eigenvalue weighted by Gasteiger charge is 2.22. The number of aliphatic hydroxyl groups is 1. The number of halogens is 1. The van der Waals surface area contributed by atoms with Gasteiger partial charge >= 0.3 is 0 Å². The number of aliphatic hydroxyl groups excluding tert-OH is 1. The van der Waals surface area contributed by atoms with Crippen LogP contribution in [0.25, 0.3) is 0 Å². The molecule has 0 saturated carbocycles. The molecule has 2 aromatic heterocycles. The van der Waals surface area contributed by atoms with Gasteiger partial charge in [-0.25, -0.2) is 0 Å². The first-order valence-corrected chi connectivity index (χ1v) is 7.20. The van der Waals surface area contributed by atoms with E-state index in [2.05, 4.69) is 27.6 Å². The third-order valence-corrected chi connectivity index (χ3v) is 4.51. The van der Waals surface area contributed by atoms with Gasteiger partial charge in [0, 0.05) is 24.9 Å². The smallest absolute Gasteiger partial charge is 0.0879 e. The van der Waals surface area contributed by atoms with Gasteiger partial charge in [0.15, 0.2) is 0 Å². The third kappa shape index (κ3) is 3.04. The molecule has 3 N–H and O–H groups in total. The maximum Gasteiger partial charge on any atom is 0.0879 e. The maximum absolute atomic E-state index is 10.3. The van der Waals surface area contributed by atoms with Crippen molar-refractivity contribution < 1.29 is 5.11 Å². The molecule has 0 aliphatic rings.